The van der Waals surface area contributed by atoms with Gasteiger partial charge in [-0.1, -0.05) is 0 Å². The lowest BCUT2D eigenvalue weighted by atomic mass is 10.1. The molecule has 1 aliphatic carbocycles. The fraction of sp³-hybridized carbons (Fsp3) is 0.625. The number of likely N-dealkylation sites (tertiary alicyclic amines) is 1. The molecule has 2 atom stereocenters. The van der Waals surface area contributed by atoms with Crippen LogP contribution in [0, 0.1) is 5.92 Å². The summed E-state index contributed by atoms with van der Waals surface area (Å²) in [5, 5.41) is 13.1. The fourth-order valence-corrected chi connectivity index (χ4v) is 3.48. The number of rotatable bonds is 4. The standard InChI is InChI=1S/C16H22N2O2/c19-13-3-4-14-15(10-20-16(14)7-13)17-8-11-5-6-18(9-11)12-1-2-12/h3-4,7,11-12,15,17,19H,1-2,5-6,8-10H2. The molecule has 0 amide bonds. The van der Waals surface area contributed by atoms with Gasteiger partial charge in [-0.05, 0) is 50.4 Å². The molecule has 2 heterocycles. The highest BCUT2D eigenvalue weighted by atomic mass is 16.5. The highest BCUT2D eigenvalue weighted by Gasteiger charge is 2.34. The molecule has 0 radical (unpaired) electrons. The summed E-state index contributed by atoms with van der Waals surface area (Å²) in [6.07, 6.45) is 4.14. The molecule has 0 aromatic heterocycles. The van der Waals surface area contributed by atoms with Crippen LogP contribution in [-0.2, 0) is 0 Å². The Bertz CT molecular complexity index is 501. The Labute approximate surface area is 119 Å². The average Bonchev–Trinajstić information content (AvgIpc) is 3.06. The Morgan fingerprint density at radius 2 is 2.20 bits per heavy atom. The molecular weight excluding hydrogens is 252 g/mol. The van der Waals surface area contributed by atoms with E-state index in [1.807, 2.05) is 6.07 Å². The summed E-state index contributed by atoms with van der Waals surface area (Å²) < 4.78 is 5.64. The van der Waals surface area contributed by atoms with Gasteiger partial charge in [0.1, 0.15) is 18.1 Å². The van der Waals surface area contributed by atoms with Crippen molar-refractivity contribution >= 4 is 0 Å². The number of nitrogens with zero attached hydrogens (tertiary/aromatic N) is 1. The maximum absolute atomic E-state index is 9.47. The Morgan fingerprint density at radius 1 is 1.30 bits per heavy atom. The topological polar surface area (TPSA) is 44.7 Å². The van der Waals surface area contributed by atoms with Crippen molar-refractivity contribution in [2.75, 3.05) is 26.2 Å². The van der Waals surface area contributed by atoms with Gasteiger partial charge < -0.3 is 20.1 Å². The van der Waals surface area contributed by atoms with Crippen LogP contribution in [0.4, 0.5) is 0 Å². The third kappa shape index (κ3) is 2.38. The molecule has 1 saturated carbocycles. The Morgan fingerprint density at radius 3 is 3.05 bits per heavy atom. The number of aromatic hydroxyl groups is 1. The third-order valence-electron chi connectivity index (χ3n) is 4.81. The summed E-state index contributed by atoms with van der Waals surface area (Å²) >= 11 is 0. The van der Waals surface area contributed by atoms with Crippen LogP contribution >= 0.6 is 0 Å². The zero-order chi connectivity index (χ0) is 13.5. The molecule has 4 nitrogen and oxygen atoms in total. The van der Waals surface area contributed by atoms with Crippen molar-refractivity contribution in [2.45, 2.75) is 31.3 Å². The van der Waals surface area contributed by atoms with Crippen LogP contribution in [0.3, 0.4) is 0 Å². The van der Waals surface area contributed by atoms with Gasteiger partial charge in [0, 0.05) is 24.2 Å². The number of hydrogen-bond acceptors (Lipinski definition) is 4. The molecule has 1 aromatic carbocycles. The molecule has 3 aliphatic rings. The van der Waals surface area contributed by atoms with Gasteiger partial charge in [-0.15, -0.1) is 0 Å². The van der Waals surface area contributed by atoms with Crippen LogP contribution in [0.2, 0.25) is 0 Å². The molecule has 2 N–H and O–H groups in total. The van der Waals surface area contributed by atoms with Crippen LogP contribution in [0.1, 0.15) is 30.9 Å². The summed E-state index contributed by atoms with van der Waals surface area (Å²) in [5.74, 6) is 1.88. The van der Waals surface area contributed by atoms with E-state index in [1.54, 1.807) is 12.1 Å². The molecule has 20 heavy (non-hydrogen) atoms. The van der Waals surface area contributed by atoms with Crippen LogP contribution in [0.25, 0.3) is 0 Å². The first-order chi connectivity index (χ1) is 9.79. The first-order valence-electron chi connectivity index (χ1n) is 7.73. The number of phenols is 1. The van der Waals surface area contributed by atoms with E-state index in [0.717, 1.165) is 24.3 Å². The lowest BCUT2D eigenvalue weighted by molar-refractivity contribution is 0.290. The van der Waals surface area contributed by atoms with Crippen molar-refractivity contribution in [2.24, 2.45) is 5.92 Å². The maximum Gasteiger partial charge on any atom is 0.127 e. The van der Waals surface area contributed by atoms with Crippen LogP contribution < -0.4 is 10.1 Å². The monoisotopic (exact) mass is 274 g/mol. The highest BCUT2D eigenvalue weighted by molar-refractivity contribution is 5.44. The number of phenolic OH excluding ortho intramolecular Hbond substituents is 1. The van der Waals surface area contributed by atoms with Crippen LogP contribution in [0.15, 0.2) is 18.2 Å². The van der Waals surface area contributed by atoms with Gasteiger partial charge in [0.25, 0.3) is 0 Å². The average molecular weight is 274 g/mol. The summed E-state index contributed by atoms with van der Waals surface area (Å²) in [5.41, 5.74) is 1.18. The summed E-state index contributed by atoms with van der Waals surface area (Å²) in [4.78, 5) is 2.66. The number of nitrogens with one attached hydrogen (secondary N) is 1. The number of hydrogen-bond donors (Lipinski definition) is 2. The van der Waals surface area contributed by atoms with E-state index in [2.05, 4.69) is 10.2 Å². The molecule has 1 aromatic rings. The van der Waals surface area contributed by atoms with Gasteiger partial charge in [0.15, 0.2) is 0 Å². The number of benzene rings is 1. The van der Waals surface area contributed by atoms with Gasteiger partial charge in [-0.25, -0.2) is 0 Å². The highest BCUT2D eigenvalue weighted by Crippen LogP contribution is 2.35. The normalized spacial score (nSPS) is 29.4. The minimum absolute atomic E-state index is 0.278. The number of ether oxygens (including phenoxy) is 1. The van der Waals surface area contributed by atoms with Gasteiger partial charge >= 0.3 is 0 Å². The predicted molar refractivity (Wildman–Crippen MR) is 77.0 cm³/mol. The van der Waals surface area contributed by atoms with E-state index >= 15 is 0 Å². The van der Waals surface area contributed by atoms with Crippen LogP contribution in [0.5, 0.6) is 11.5 Å². The Kier molecular flexibility index (Phi) is 3.08. The van der Waals surface area contributed by atoms with Gasteiger partial charge in [0.05, 0.1) is 6.04 Å². The van der Waals surface area contributed by atoms with E-state index in [-0.39, 0.29) is 11.8 Å². The van der Waals surface area contributed by atoms with E-state index in [4.69, 9.17) is 4.74 Å². The third-order valence-corrected chi connectivity index (χ3v) is 4.81. The molecule has 108 valence electrons. The number of fused-ring (bicyclic) bond motifs is 1. The molecule has 2 fully saturated rings. The molecule has 0 bridgehead atoms. The second-order valence-electron chi connectivity index (χ2n) is 6.37. The Hall–Kier alpha value is -1.26. The fourth-order valence-electron chi connectivity index (χ4n) is 3.48. The van der Waals surface area contributed by atoms with Crippen molar-refractivity contribution in [1.82, 2.24) is 10.2 Å². The van der Waals surface area contributed by atoms with Crippen molar-refractivity contribution in [3.05, 3.63) is 23.8 Å². The molecule has 2 unspecified atom stereocenters. The van der Waals surface area contributed by atoms with Crippen molar-refractivity contribution in [3.8, 4) is 11.5 Å². The van der Waals surface area contributed by atoms with Crippen molar-refractivity contribution in [1.29, 1.82) is 0 Å². The SMILES string of the molecule is Oc1ccc2c(c1)OCC2NCC1CCN(C2CC2)C1. The second kappa shape index (κ2) is 4.93. The van der Waals surface area contributed by atoms with Gasteiger partial charge in [-0.2, -0.15) is 0 Å². The van der Waals surface area contributed by atoms with E-state index in [9.17, 15) is 5.11 Å². The molecule has 2 aliphatic heterocycles. The van der Waals surface area contributed by atoms with Gasteiger partial charge in [0.2, 0.25) is 0 Å². The van der Waals surface area contributed by atoms with Crippen LogP contribution in [-0.4, -0.2) is 42.3 Å². The van der Waals surface area contributed by atoms with E-state index in [0.29, 0.717) is 6.61 Å². The van der Waals surface area contributed by atoms with E-state index in [1.165, 1.54) is 37.9 Å². The maximum atomic E-state index is 9.47. The largest absolute Gasteiger partial charge is 0.508 e. The second-order valence-corrected chi connectivity index (χ2v) is 6.37. The predicted octanol–water partition coefficient (Wildman–Crippen LogP) is 1.90. The van der Waals surface area contributed by atoms with Crippen molar-refractivity contribution in [3.63, 3.8) is 0 Å². The lowest BCUT2D eigenvalue weighted by Crippen LogP contribution is -2.30. The zero-order valence-corrected chi connectivity index (χ0v) is 11.7. The summed E-state index contributed by atoms with van der Waals surface area (Å²) in [6.45, 7) is 4.28. The van der Waals surface area contributed by atoms with Crippen molar-refractivity contribution < 1.29 is 9.84 Å². The Balaban J connectivity index is 1.33. The molecule has 4 heteroatoms. The summed E-state index contributed by atoms with van der Waals surface area (Å²) in [7, 11) is 0. The molecule has 0 spiro atoms. The molecule has 4 rings (SSSR count). The first-order valence-corrected chi connectivity index (χ1v) is 7.73. The first kappa shape index (κ1) is 12.5. The quantitative estimate of drug-likeness (QED) is 0.880. The minimum atomic E-state index is 0.278. The molecular formula is C16H22N2O2. The van der Waals surface area contributed by atoms with E-state index < -0.39 is 0 Å². The minimum Gasteiger partial charge on any atom is -0.508 e. The molecule has 1 saturated heterocycles. The van der Waals surface area contributed by atoms with Gasteiger partial charge in [-0.3, -0.25) is 0 Å². The summed E-state index contributed by atoms with van der Waals surface area (Å²) in [6, 6.07) is 6.60. The smallest absolute Gasteiger partial charge is 0.127 e. The zero-order valence-electron chi connectivity index (χ0n) is 11.7. The lowest BCUT2D eigenvalue weighted by Gasteiger charge is -2.17.